The number of hydrogen-bond acceptors (Lipinski definition) is 2. The molecule has 0 saturated carbocycles. The predicted molar refractivity (Wildman–Crippen MR) is 37.7 cm³/mol. The third-order valence-corrected chi connectivity index (χ3v) is 2.63. The summed E-state index contributed by atoms with van der Waals surface area (Å²) in [5, 5.41) is 0. The Morgan fingerprint density at radius 3 is 3.20 bits per heavy atom. The van der Waals surface area contributed by atoms with Crippen LogP contribution < -0.4 is 0 Å². The average molecular weight is 142 g/mol. The Bertz CT molecular complexity index is 131. The van der Waals surface area contributed by atoms with Crippen LogP contribution in [0, 0.1) is 0 Å². The lowest BCUT2D eigenvalue weighted by atomic mass is 9.93. The lowest BCUT2D eigenvalue weighted by Gasteiger charge is -2.29. The second-order valence-electron chi connectivity index (χ2n) is 3.29. The normalized spacial score (nSPS) is 45.9. The molecule has 2 rings (SSSR count). The van der Waals surface area contributed by atoms with E-state index in [0.717, 1.165) is 19.4 Å². The van der Waals surface area contributed by atoms with Crippen molar-refractivity contribution in [3.8, 4) is 0 Å². The molecule has 2 bridgehead atoms. The van der Waals surface area contributed by atoms with Crippen molar-refractivity contribution >= 4 is 0 Å². The van der Waals surface area contributed by atoms with Gasteiger partial charge < -0.3 is 9.47 Å². The second-order valence-corrected chi connectivity index (χ2v) is 3.29. The highest BCUT2D eigenvalue weighted by Crippen LogP contribution is 2.37. The van der Waals surface area contributed by atoms with Crippen molar-refractivity contribution in [2.24, 2.45) is 0 Å². The van der Waals surface area contributed by atoms with Crippen LogP contribution in [0.1, 0.15) is 32.6 Å². The molecule has 0 spiro atoms. The van der Waals surface area contributed by atoms with E-state index in [4.69, 9.17) is 9.47 Å². The van der Waals surface area contributed by atoms with Crippen molar-refractivity contribution in [2.45, 2.75) is 44.5 Å². The lowest BCUT2D eigenvalue weighted by molar-refractivity contribution is -0.120. The Balaban J connectivity index is 2.10. The second kappa shape index (κ2) is 2.21. The summed E-state index contributed by atoms with van der Waals surface area (Å²) in [7, 11) is 0. The van der Waals surface area contributed by atoms with Gasteiger partial charge in [-0.05, 0) is 25.7 Å². The predicted octanol–water partition coefficient (Wildman–Crippen LogP) is 1.69. The molecule has 2 heterocycles. The molecule has 2 nitrogen and oxygen atoms in total. The zero-order chi connectivity index (χ0) is 7.03. The summed E-state index contributed by atoms with van der Waals surface area (Å²) >= 11 is 0. The number of rotatable bonds is 1. The molecule has 0 radical (unpaired) electrons. The smallest absolute Gasteiger partial charge is 0.158 e. The van der Waals surface area contributed by atoms with Gasteiger partial charge in [0, 0.05) is 0 Å². The Morgan fingerprint density at radius 2 is 2.50 bits per heavy atom. The van der Waals surface area contributed by atoms with Crippen molar-refractivity contribution in [3.63, 3.8) is 0 Å². The topological polar surface area (TPSA) is 18.5 Å². The molecule has 0 aromatic carbocycles. The minimum atomic E-state index is 0.114. The van der Waals surface area contributed by atoms with Gasteiger partial charge in [0.05, 0.1) is 12.2 Å². The molecule has 0 aromatic rings. The van der Waals surface area contributed by atoms with Crippen LogP contribution in [0.4, 0.5) is 0 Å². The van der Waals surface area contributed by atoms with Gasteiger partial charge in [0.1, 0.15) is 0 Å². The van der Waals surface area contributed by atoms with Gasteiger partial charge >= 0.3 is 0 Å². The molecule has 2 atom stereocenters. The van der Waals surface area contributed by atoms with Crippen LogP contribution in [0.25, 0.3) is 0 Å². The van der Waals surface area contributed by atoms with Crippen molar-refractivity contribution < 1.29 is 9.47 Å². The molecule has 0 aromatic heterocycles. The van der Waals surface area contributed by atoms with E-state index in [2.05, 4.69) is 6.92 Å². The van der Waals surface area contributed by atoms with Crippen molar-refractivity contribution in [1.82, 2.24) is 0 Å². The van der Waals surface area contributed by atoms with Crippen molar-refractivity contribution in [1.29, 1.82) is 0 Å². The Hall–Kier alpha value is -0.0800. The van der Waals surface area contributed by atoms with Crippen molar-refractivity contribution in [2.75, 3.05) is 6.61 Å². The molecule has 2 fully saturated rings. The highest BCUT2D eigenvalue weighted by Gasteiger charge is 2.42. The SMILES string of the molecule is CC[C@@]12CCCC(OC1)O2. The molecule has 2 heteroatoms. The van der Waals surface area contributed by atoms with E-state index >= 15 is 0 Å². The Labute approximate surface area is 61.5 Å². The average Bonchev–Trinajstić information content (AvgIpc) is 2.29. The molecule has 2 aliphatic heterocycles. The summed E-state index contributed by atoms with van der Waals surface area (Å²) in [6, 6.07) is 0. The summed E-state index contributed by atoms with van der Waals surface area (Å²) in [6.45, 7) is 3.01. The van der Waals surface area contributed by atoms with E-state index in [0.29, 0.717) is 0 Å². The van der Waals surface area contributed by atoms with Crippen LogP contribution >= 0.6 is 0 Å². The molecule has 0 amide bonds. The van der Waals surface area contributed by atoms with Crippen molar-refractivity contribution in [3.05, 3.63) is 0 Å². The summed E-state index contributed by atoms with van der Waals surface area (Å²) in [4.78, 5) is 0. The van der Waals surface area contributed by atoms with E-state index in [1.54, 1.807) is 0 Å². The Kier molecular flexibility index (Phi) is 1.46. The minimum absolute atomic E-state index is 0.114. The quantitative estimate of drug-likeness (QED) is 0.554. The number of ether oxygens (including phenoxy) is 2. The molecule has 2 saturated heterocycles. The van der Waals surface area contributed by atoms with Crippen LogP contribution in [0.15, 0.2) is 0 Å². The van der Waals surface area contributed by atoms with Gasteiger partial charge in [0.15, 0.2) is 6.29 Å². The van der Waals surface area contributed by atoms with Gasteiger partial charge in [0.2, 0.25) is 0 Å². The van der Waals surface area contributed by atoms with Crippen LogP contribution in [0.2, 0.25) is 0 Å². The molecule has 10 heavy (non-hydrogen) atoms. The van der Waals surface area contributed by atoms with E-state index in [1.807, 2.05) is 0 Å². The summed E-state index contributed by atoms with van der Waals surface area (Å²) < 4.78 is 11.2. The van der Waals surface area contributed by atoms with Gasteiger partial charge in [-0.2, -0.15) is 0 Å². The van der Waals surface area contributed by atoms with Gasteiger partial charge in [-0.3, -0.25) is 0 Å². The summed E-state index contributed by atoms with van der Waals surface area (Å²) in [5.41, 5.74) is 0.114. The number of fused-ring (bicyclic) bond motifs is 2. The third kappa shape index (κ3) is 0.867. The fourth-order valence-electron chi connectivity index (χ4n) is 1.82. The first-order valence-electron chi connectivity index (χ1n) is 4.14. The maximum atomic E-state index is 5.71. The first-order chi connectivity index (χ1) is 4.85. The van der Waals surface area contributed by atoms with E-state index in [9.17, 15) is 0 Å². The fourth-order valence-corrected chi connectivity index (χ4v) is 1.82. The maximum Gasteiger partial charge on any atom is 0.158 e. The summed E-state index contributed by atoms with van der Waals surface area (Å²) in [6.07, 6.45) is 4.80. The van der Waals surface area contributed by atoms with Crippen LogP contribution in [-0.2, 0) is 9.47 Å². The van der Waals surface area contributed by atoms with Gasteiger partial charge in [-0.15, -0.1) is 0 Å². The van der Waals surface area contributed by atoms with E-state index in [-0.39, 0.29) is 11.9 Å². The largest absolute Gasteiger partial charge is 0.350 e. The lowest BCUT2D eigenvalue weighted by Crippen LogP contribution is -2.34. The Morgan fingerprint density at radius 1 is 1.60 bits per heavy atom. The molecule has 0 aliphatic carbocycles. The zero-order valence-corrected chi connectivity index (χ0v) is 6.43. The first kappa shape index (κ1) is 6.62. The van der Waals surface area contributed by atoms with Gasteiger partial charge in [-0.25, -0.2) is 0 Å². The highest BCUT2D eigenvalue weighted by molar-refractivity contribution is 4.87. The molecule has 58 valence electrons. The molecule has 0 N–H and O–H groups in total. The fraction of sp³-hybridized carbons (Fsp3) is 1.00. The summed E-state index contributed by atoms with van der Waals surface area (Å²) in [5.74, 6) is 0. The van der Waals surface area contributed by atoms with Gasteiger partial charge in [-0.1, -0.05) is 6.92 Å². The van der Waals surface area contributed by atoms with Gasteiger partial charge in [0.25, 0.3) is 0 Å². The van der Waals surface area contributed by atoms with E-state index in [1.165, 1.54) is 12.8 Å². The minimum Gasteiger partial charge on any atom is -0.350 e. The maximum absolute atomic E-state index is 5.71. The molecular weight excluding hydrogens is 128 g/mol. The van der Waals surface area contributed by atoms with Crippen LogP contribution in [-0.4, -0.2) is 18.5 Å². The van der Waals surface area contributed by atoms with Crippen LogP contribution in [0.3, 0.4) is 0 Å². The highest BCUT2D eigenvalue weighted by atomic mass is 16.7. The molecular formula is C8H14O2. The first-order valence-corrected chi connectivity index (χ1v) is 4.14. The van der Waals surface area contributed by atoms with E-state index < -0.39 is 0 Å². The zero-order valence-electron chi connectivity index (χ0n) is 6.43. The molecule has 2 aliphatic rings. The van der Waals surface area contributed by atoms with Crippen LogP contribution in [0.5, 0.6) is 0 Å². The monoisotopic (exact) mass is 142 g/mol. The molecule has 1 unspecified atom stereocenters. The third-order valence-electron chi connectivity index (χ3n) is 2.63. The standard InChI is InChI=1S/C8H14O2/c1-2-8-5-3-4-7(10-8)9-6-8/h7H,2-6H2,1H3/t7?,8-/m1/s1. The number of hydrogen-bond donors (Lipinski definition) is 0.